The molecule has 12 heavy (non-hydrogen) atoms. The van der Waals surface area contributed by atoms with Gasteiger partial charge < -0.3 is 49.3 Å². The monoisotopic (exact) mass is 231 g/mol. The minimum absolute atomic E-state index is 0. The molecule has 0 saturated heterocycles. The Hall–Kier alpha value is 2.64. The van der Waals surface area contributed by atoms with Gasteiger partial charge in [0, 0.05) is 88.7 Å². The van der Waals surface area contributed by atoms with Gasteiger partial charge >= 0.3 is 0 Å². The largest absolute Gasteiger partial charge is 0.412 e. The summed E-state index contributed by atoms with van der Waals surface area (Å²) in [7, 11) is 0. The molecule has 0 amide bonds. The van der Waals surface area contributed by atoms with Crippen molar-refractivity contribution in [3.63, 3.8) is 0 Å². The summed E-state index contributed by atoms with van der Waals surface area (Å²) in [5.41, 5.74) is 0. The average Bonchev–Trinajstić information content (AvgIpc) is 0. The first-order valence-electron chi connectivity index (χ1n) is 0. The van der Waals surface area contributed by atoms with Crippen LogP contribution in [0.5, 0.6) is 0 Å². The SMILES string of the molecule is O.O.O.O.O.O.O.O.O.[Na].[Na].[Na]. The normalized spacial score (nSPS) is 0. The van der Waals surface area contributed by atoms with Crippen LogP contribution in [0.25, 0.3) is 0 Å². The van der Waals surface area contributed by atoms with Crippen LogP contribution >= 0.6 is 0 Å². The quantitative estimate of drug-likeness (QED) is 0.350. The van der Waals surface area contributed by atoms with E-state index in [0.717, 1.165) is 0 Å². The summed E-state index contributed by atoms with van der Waals surface area (Å²) in [4.78, 5) is 0. The van der Waals surface area contributed by atoms with Crippen molar-refractivity contribution in [3.8, 4) is 0 Å². The van der Waals surface area contributed by atoms with Crippen molar-refractivity contribution in [3.05, 3.63) is 0 Å². The minimum atomic E-state index is 0. The van der Waals surface area contributed by atoms with E-state index in [4.69, 9.17) is 0 Å². The predicted octanol–water partition coefficient (Wildman–Crippen LogP) is -8.56. The van der Waals surface area contributed by atoms with Crippen LogP contribution in [0.2, 0.25) is 0 Å². The summed E-state index contributed by atoms with van der Waals surface area (Å²) in [5, 5.41) is 0. The topological polar surface area (TPSA) is 284 Å². The fourth-order valence-electron chi connectivity index (χ4n) is 0. The maximum atomic E-state index is 0. The molecule has 18 N–H and O–H groups in total. The van der Waals surface area contributed by atoms with Crippen LogP contribution in [0, 0.1) is 0 Å². The third kappa shape index (κ3) is 246. The van der Waals surface area contributed by atoms with E-state index >= 15 is 0 Å². The fourth-order valence-corrected chi connectivity index (χ4v) is 0. The Labute approximate surface area is 136 Å². The van der Waals surface area contributed by atoms with Gasteiger partial charge in [0.2, 0.25) is 0 Å². The molecule has 0 fully saturated rings. The molecule has 0 aromatic carbocycles. The van der Waals surface area contributed by atoms with E-state index in [9.17, 15) is 0 Å². The molecule has 0 heterocycles. The molecule has 0 spiro atoms. The Morgan fingerprint density at radius 1 is 0.167 bits per heavy atom. The second-order valence-corrected chi connectivity index (χ2v) is 0. The Morgan fingerprint density at radius 2 is 0.167 bits per heavy atom. The van der Waals surface area contributed by atoms with Gasteiger partial charge in [0.25, 0.3) is 0 Å². The number of hydrogen-bond donors (Lipinski definition) is 0. The van der Waals surface area contributed by atoms with Gasteiger partial charge in [-0.05, 0) is 0 Å². The Balaban J connectivity index is 0. The fraction of sp³-hybridized carbons (Fsp3) is 0. The van der Waals surface area contributed by atoms with E-state index in [0.29, 0.717) is 0 Å². The zero-order valence-electron chi connectivity index (χ0n) is 7.50. The number of hydrogen-bond acceptors (Lipinski definition) is 0. The van der Waals surface area contributed by atoms with Crippen molar-refractivity contribution < 1.29 is 49.3 Å². The predicted molar refractivity (Wildman–Crippen MR) is 49.8 cm³/mol. The Kier molecular flexibility index (Phi) is 10200. The van der Waals surface area contributed by atoms with E-state index in [-0.39, 0.29) is 138 Å². The molecule has 0 rings (SSSR count). The maximum absolute atomic E-state index is 0. The molecule has 0 aliphatic rings. The van der Waals surface area contributed by atoms with E-state index in [2.05, 4.69) is 0 Å². The molecule has 0 aromatic rings. The van der Waals surface area contributed by atoms with Crippen LogP contribution in [0.15, 0.2) is 0 Å². The molecule has 0 saturated carbocycles. The first-order chi connectivity index (χ1) is 0. The summed E-state index contributed by atoms with van der Waals surface area (Å²) in [6, 6.07) is 0. The van der Waals surface area contributed by atoms with E-state index in [1.807, 2.05) is 0 Å². The maximum Gasteiger partial charge on any atom is 0 e. The third-order valence-corrected chi connectivity index (χ3v) is 0. The van der Waals surface area contributed by atoms with Gasteiger partial charge in [0.05, 0.1) is 0 Å². The molecule has 0 bridgehead atoms. The molecule has 9 nitrogen and oxygen atoms in total. The standard InChI is InChI=1S/3Na.9H2O/h;;;9*1H2. The van der Waals surface area contributed by atoms with Gasteiger partial charge in [0.15, 0.2) is 0 Å². The van der Waals surface area contributed by atoms with Gasteiger partial charge in [-0.2, -0.15) is 0 Å². The summed E-state index contributed by atoms with van der Waals surface area (Å²) in [5.74, 6) is 0. The first-order valence-corrected chi connectivity index (χ1v) is 0. The molecule has 12 heteroatoms. The zero-order valence-corrected chi connectivity index (χ0v) is 13.5. The van der Waals surface area contributed by atoms with Gasteiger partial charge in [-0.3, -0.25) is 0 Å². The minimum Gasteiger partial charge on any atom is -0.412 e. The molecule has 0 aliphatic carbocycles. The Morgan fingerprint density at radius 3 is 0.167 bits per heavy atom. The molecule has 3 radical (unpaired) electrons. The van der Waals surface area contributed by atoms with Crippen LogP contribution < -0.4 is 0 Å². The van der Waals surface area contributed by atoms with Crippen molar-refractivity contribution in [1.29, 1.82) is 0 Å². The van der Waals surface area contributed by atoms with Crippen molar-refractivity contribution in [2.45, 2.75) is 0 Å². The van der Waals surface area contributed by atoms with Crippen molar-refractivity contribution in [2.75, 3.05) is 0 Å². The van der Waals surface area contributed by atoms with Crippen LogP contribution in [-0.2, 0) is 0 Å². The van der Waals surface area contributed by atoms with Crippen molar-refractivity contribution in [1.82, 2.24) is 0 Å². The summed E-state index contributed by atoms with van der Waals surface area (Å²) in [6.45, 7) is 0. The Bertz CT molecular complexity index is 9.74. The number of rotatable bonds is 0. The molecule has 0 unspecified atom stereocenters. The third-order valence-electron chi connectivity index (χ3n) is 0. The molecule has 0 aliphatic heterocycles. The summed E-state index contributed by atoms with van der Waals surface area (Å²) >= 11 is 0. The van der Waals surface area contributed by atoms with Crippen LogP contribution in [0.4, 0.5) is 0 Å². The first kappa shape index (κ1) is 391. The molecule has 0 aromatic heterocycles. The van der Waals surface area contributed by atoms with E-state index in [1.165, 1.54) is 0 Å². The zero-order chi connectivity index (χ0) is 0. The molecule has 75 valence electrons. The van der Waals surface area contributed by atoms with Crippen molar-refractivity contribution >= 4 is 88.7 Å². The average molecular weight is 231 g/mol. The molecular weight excluding hydrogens is 213 g/mol. The van der Waals surface area contributed by atoms with Gasteiger partial charge in [0.1, 0.15) is 0 Å². The second-order valence-electron chi connectivity index (χ2n) is 0. The van der Waals surface area contributed by atoms with Crippen molar-refractivity contribution in [2.24, 2.45) is 0 Å². The van der Waals surface area contributed by atoms with Crippen LogP contribution in [-0.4, -0.2) is 138 Å². The van der Waals surface area contributed by atoms with Crippen LogP contribution in [0.1, 0.15) is 0 Å². The molecule has 0 atom stereocenters. The van der Waals surface area contributed by atoms with Gasteiger partial charge in [-0.1, -0.05) is 0 Å². The van der Waals surface area contributed by atoms with Gasteiger partial charge in [-0.25, -0.2) is 0 Å². The second kappa shape index (κ2) is 313. The smallest absolute Gasteiger partial charge is 0 e. The summed E-state index contributed by atoms with van der Waals surface area (Å²) in [6.07, 6.45) is 0. The van der Waals surface area contributed by atoms with E-state index in [1.54, 1.807) is 0 Å². The van der Waals surface area contributed by atoms with Crippen LogP contribution in [0.3, 0.4) is 0 Å². The van der Waals surface area contributed by atoms with Gasteiger partial charge in [-0.15, -0.1) is 0 Å². The molecular formula is H18Na3O9. The van der Waals surface area contributed by atoms with E-state index < -0.39 is 0 Å². The summed E-state index contributed by atoms with van der Waals surface area (Å²) < 4.78 is 0.